The first-order valence-corrected chi connectivity index (χ1v) is 24.8. The third kappa shape index (κ3) is 8.93. The molecule has 334 valence electrons. The zero-order valence-electron chi connectivity index (χ0n) is 39.7. The summed E-state index contributed by atoms with van der Waals surface area (Å²) in [6.45, 7) is 11.3. The molecule has 0 N–H and O–H groups in total. The summed E-state index contributed by atoms with van der Waals surface area (Å²) in [5.41, 5.74) is 14.3. The number of unbranched alkanes of at least 4 members (excludes halogenated alkanes) is 6. The zero-order chi connectivity index (χ0) is 45.6. The third-order valence-electron chi connectivity index (χ3n) is 14.3. The van der Waals surface area contributed by atoms with Crippen molar-refractivity contribution in [2.24, 2.45) is 0 Å². The van der Waals surface area contributed by atoms with Crippen LogP contribution in [0.5, 0.6) is 5.75 Å². The molecule has 0 radical (unpaired) electrons. The highest BCUT2D eigenvalue weighted by atomic mass is 16.5. The maximum atomic E-state index is 13.8. The zero-order valence-corrected chi connectivity index (χ0v) is 39.7. The highest BCUT2D eigenvalue weighted by Gasteiger charge is 2.42. The molecule has 3 nitrogen and oxygen atoms in total. The van der Waals surface area contributed by atoms with Crippen LogP contribution in [-0.4, -0.2) is 5.97 Å². The molecule has 0 heterocycles. The summed E-state index contributed by atoms with van der Waals surface area (Å²) < 4.78 is 6.01. The van der Waals surface area contributed by atoms with Crippen LogP contribution in [0.3, 0.4) is 0 Å². The van der Waals surface area contributed by atoms with E-state index >= 15 is 0 Å². The van der Waals surface area contributed by atoms with Gasteiger partial charge < -0.3 is 9.64 Å². The second kappa shape index (κ2) is 20.0. The highest BCUT2D eigenvalue weighted by Crippen LogP contribution is 2.55. The van der Waals surface area contributed by atoms with E-state index in [4.69, 9.17) is 4.74 Å². The first-order chi connectivity index (χ1) is 32.3. The van der Waals surface area contributed by atoms with Crippen LogP contribution in [0.1, 0.15) is 137 Å². The molecule has 3 heteroatoms. The number of aryl methyl sites for hydroxylation is 1. The lowest BCUT2D eigenvalue weighted by Crippen LogP contribution is -2.26. The molecule has 1 aliphatic rings. The number of anilines is 3. The Bertz CT molecular complexity index is 2950. The Hall–Kier alpha value is -6.45. The minimum Gasteiger partial charge on any atom is -0.423 e. The normalized spacial score (nSPS) is 12.7. The molecule has 8 aromatic rings. The SMILES string of the molecule is CCCCCCC1(CCCCCC)c2ccccc2-c2ccc(N(c3ccc(C(=O)Oc4ccc(-c5cc(C(C)C)ccc5CC)cc4)cc3)c3ccc4c(ccc5ccccc54)c3)cc21. The predicted molar refractivity (Wildman–Crippen MR) is 280 cm³/mol. The van der Waals surface area contributed by atoms with Crippen molar-refractivity contribution in [1.29, 1.82) is 0 Å². The minimum atomic E-state index is -0.374. The van der Waals surface area contributed by atoms with Crippen molar-refractivity contribution >= 4 is 44.6 Å². The van der Waals surface area contributed by atoms with Crippen LogP contribution in [0.15, 0.2) is 164 Å². The number of esters is 1. The Morgan fingerprint density at radius 2 is 1.17 bits per heavy atom. The number of benzene rings is 8. The van der Waals surface area contributed by atoms with E-state index in [1.54, 1.807) is 0 Å². The molecule has 0 amide bonds. The standard InChI is InChI=1S/C63H65NO2/c1-6-9-11-17-39-63(40-18-12-10-7-2)60-22-16-15-21-57(60)58-38-34-53(43-61(58)63)64(52-33-37-56-50(41-52)26-24-46-19-13-14-20-55(46)56)51-31-27-48(28-32-51)62(65)66-54-35-29-47(30-36-54)59-42-49(44(4)5)25-23-45(59)8-3/h13-16,19-38,41-44H,6-12,17-18,39-40H2,1-5H3. The smallest absolute Gasteiger partial charge is 0.343 e. The maximum Gasteiger partial charge on any atom is 0.343 e. The number of rotatable bonds is 18. The number of ether oxygens (including phenoxy) is 1. The maximum absolute atomic E-state index is 13.8. The number of nitrogens with zero attached hydrogens (tertiary/aromatic N) is 1. The number of fused-ring (bicyclic) bond motifs is 6. The van der Waals surface area contributed by atoms with Gasteiger partial charge in [0.1, 0.15) is 5.75 Å². The Labute approximate surface area is 393 Å². The van der Waals surface area contributed by atoms with Gasteiger partial charge in [-0.05, 0) is 152 Å². The van der Waals surface area contributed by atoms with Crippen LogP contribution in [0, 0.1) is 0 Å². The van der Waals surface area contributed by atoms with E-state index in [1.807, 2.05) is 24.3 Å². The average molecular weight is 868 g/mol. The van der Waals surface area contributed by atoms with Crippen LogP contribution >= 0.6 is 0 Å². The van der Waals surface area contributed by atoms with Gasteiger partial charge in [0.25, 0.3) is 0 Å². The fourth-order valence-electron chi connectivity index (χ4n) is 10.7. The van der Waals surface area contributed by atoms with Crippen LogP contribution < -0.4 is 9.64 Å². The van der Waals surface area contributed by atoms with E-state index in [-0.39, 0.29) is 11.4 Å². The second-order valence-corrected chi connectivity index (χ2v) is 18.9. The van der Waals surface area contributed by atoms with Crippen molar-refractivity contribution < 1.29 is 9.53 Å². The molecule has 0 spiro atoms. The van der Waals surface area contributed by atoms with E-state index < -0.39 is 0 Å². The number of hydrogen-bond donors (Lipinski definition) is 0. The lowest BCUT2D eigenvalue weighted by atomic mass is 9.70. The van der Waals surface area contributed by atoms with Crippen molar-refractivity contribution in [3.63, 3.8) is 0 Å². The lowest BCUT2D eigenvalue weighted by Gasteiger charge is -2.34. The van der Waals surface area contributed by atoms with Crippen molar-refractivity contribution in [1.82, 2.24) is 0 Å². The summed E-state index contributed by atoms with van der Waals surface area (Å²) in [7, 11) is 0. The van der Waals surface area contributed by atoms with Gasteiger partial charge in [0, 0.05) is 22.5 Å². The average Bonchev–Trinajstić information content (AvgIpc) is 3.62. The van der Waals surface area contributed by atoms with Crippen LogP contribution in [0.2, 0.25) is 0 Å². The van der Waals surface area contributed by atoms with E-state index in [1.165, 1.54) is 112 Å². The Morgan fingerprint density at radius 1 is 0.530 bits per heavy atom. The molecule has 1 aliphatic carbocycles. The highest BCUT2D eigenvalue weighted by molar-refractivity contribution is 6.08. The molecular weight excluding hydrogens is 803 g/mol. The quantitative estimate of drug-likeness (QED) is 0.0372. The molecule has 0 bridgehead atoms. The third-order valence-corrected chi connectivity index (χ3v) is 14.3. The minimum absolute atomic E-state index is 0.0420. The Balaban J connectivity index is 1.08. The molecular formula is C63H65NO2. The lowest BCUT2D eigenvalue weighted by molar-refractivity contribution is 0.0734. The largest absolute Gasteiger partial charge is 0.423 e. The topological polar surface area (TPSA) is 29.5 Å². The molecule has 66 heavy (non-hydrogen) atoms. The van der Waals surface area contributed by atoms with Crippen molar-refractivity contribution in [3.8, 4) is 28.0 Å². The summed E-state index contributed by atoms with van der Waals surface area (Å²) in [6.07, 6.45) is 13.2. The summed E-state index contributed by atoms with van der Waals surface area (Å²) in [6, 6.07) is 59.1. The first-order valence-electron chi connectivity index (χ1n) is 24.8. The number of hydrogen-bond acceptors (Lipinski definition) is 3. The summed E-state index contributed by atoms with van der Waals surface area (Å²) in [4.78, 5) is 16.2. The second-order valence-electron chi connectivity index (χ2n) is 18.9. The van der Waals surface area contributed by atoms with Gasteiger partial charge in [-0.1, -0.05) is 189 Å². The fourth-order valence-corrected chi connectivity index (χ4v) is 10.7. The van der Waals surface area contributed by atoms with E-state index in [0.717, 1.165) is 41.9 Å². The number of carbonyl (C=O) groups is 1. The van der Waals surface area contributed by atoms with Crippen molar-refractivity contribution in [2.45, 2.75) is 117 Å². The van der Waals surface area contributed by atoms with Gasteiger partial charge in [0.2, 0.25) is 0 Å². The molecule has 0 aromatic heterocycles. The monoisotopic (exact) mass is 868 g/mol. The molecule has 8 aromatic carbocycles. The van der Waals surface area contributed by atoms with E-state index in [9.17, 15) is 4.79 Å². The van der Waals surface area contributed by atoms with Gasteiger partial charge >= 0.3 is 5.97 Å². The van der Waals surface area contributed by atoms with Crippen LogP contribution in [0.4, 0.5) is 17.1 Å². The van der Waals surface area contributed by atoms with E-state index in [0.29, 0.717) is 17.2 Å². The van der Waals surface area contributed by atoms with Crippen molar-refractivity contribution in [2.75, 3.05) is 4.90 Å². The predicted octanol–water partition coefficient (Wildman–Crippen LogP) is 18.2. The van der Waals surface area contributed by atoms with Crippen LogP contribution in [-0.2, 0) is 11.8 Å². The fraction of sp³-hybridized carbons (Fsp3) is 0.286. The van der Waals surface area contributed by atoms with Gasteiger partial charge in [-0.25, -0.2) is 4.79 Å². The Kier molecular flexibility index (Phi) is 13.5. The van der Waals surface area contributed by atoms with Gasteiger partial charge in [-0.3, -0.25) is 0 Å². The number of carbonyl (C=O) groups excluding carboxylic acids is 1. The molecule has 0 fully saturated rings. The molecule has 0 saturated carbocycles. The van der Waals surface area contributed by atoms with Crippen LogP contribution in [0.25, 0.3) is 43.8 Å². The van der Waals surface area contributed by atoms with Gasteiger partial charge in [-0.2, -0.15) is 0 Å². The summed E-state index contributed by atoms with van der Waals surface area (Å²) in [5.74, 6) is 0.603. The molecule has 0 atom stereocenters. The molecule has 0 unspecified atom stereocenters. The molecule has 0 saturated heterocycles. The van der Waals surface area contributed by atoms with Gasteiger partial charge in [-0.15, -0.1) is 0 Å². The first kappa shape index (κ1) is 44.7. The molecule has 0 aliphatic heterocycles. The molecule has 9 rings (SSSR count). The van der Waals surface area contributed by atoms with Crippen molar-refractivity contribution in [3.05, 3.63) is 192 Å². The van der Waals surface area contributed by atoms with Gasteiger partial charge in [0.05, 0.1) is 5.56 Å². The van der Waals surface area contributed by atoms with Gasteiger partial charge in [0.15, 0.2) is 0 Å². The summed E-state index contributed by atoms with van der Waals surface area (Å²) >= 11 is 0. The summed E-state index contributed by atoms with van der Waals surface area (Å²) in [5, 5.41) is 4.92. The van der Waals surface area contributed by atoms with E-state index in [2.05, 4.69) is 179 Å². The Morgan fingerprint density at radius 3 is 1.89 bits per heavy atom.